The van der Waals surface area contributed by atoms with Crippen LogP contribution in [0, 0.1) is 0 Å². The summed E-state index contributed by atoms with van der Waals surface area (Å²) in [6.07, 6.45) is 6.11. The van der Waals surface area contributed by atoms with Crippen LogP contribution in [0.1, 0.15) is 19.8 Å². The van der Waals surface area contributed by atoms with Gasteiger partial charge in [-0.3, -0.25) is 0 Å². The van der Waals surface area contributed by atoms with Gasteiger partial charge < -0.3 is 5.32 Å². The van der Waals surface area contributed by atoms with E-state index in [9.17, 15) is 0 Å². The number of nitrogens with one attached hydrogen (secondary N) is 1. The molecule has 0 rings (SSSR count). The van der Waals surface area contributed by atoms with E-state index in [-0.39, 0.29) is 0 Å². The second-order valence-electron chi connectivity index (χ2n) is 1.93. The maximum atomic E-state index is 3.61. The minimum absolute atomic E-state index is 1.11. The molecule has 0 saturated carbocycles. The van der Waals surface area contributed by atoms with Gasteiger partial charge in [-0.15, -0.1) is 0 Å². The third-order valence-corrected chi connectivity index (χ3v) is 1.16. The molecule has 0 aliphatic rings. The third-order valence-electron chi connectivity index (χ3n) is 1.16. The van der Waals surface area contributed by atoms with Gasteiger partial charge in [-0.1, -0.05) is 26.0 Å². The Hall–Kier alpha value is -0.720. The first-order valence-electron chi connectivity index (χ1n) is 3.34. The van der Waals surface area contributed by atoms with E-state index >= 15 is 0 Å². The van der Waals surface area contributed by atoms with Crippen LogP contribution in [0.15, 0.2) is 24.4 Å². The molecule has 0 amide bonds. The van der Waals surface area contributed by atoms with Gasteiger partial charge >= 0.3 is 0 Å². The van der Waals surface area contributed by atoms with Crippen molar-refractivity contribution in [3.63, 3.8) is 0 Å². The summed E-state index contributed by atoms with van der Waals surface area (Å²) in [5.41, 5.74) is 1.26. The van der Waals surface area contributed by atoms with Crippen LogP contribution in [0.25, 0.3) is 0 Å². The molecule has 0 aromatic rings. The Bertz CT molecular complexity index is 103. The molecule has 1 N–H and O–H groups in total. The van der Waals surface area contributed by atoms with Crippen LogP contribution in [0.2, 0.25) is 0 Å². The third kappa shape index (κ3) is 3.83. The van der Waals surface area contributed by atoms with Crippen molar-refractivity contribution in [2.45, 2.75) is 19.8 Å². The van der Waals surface area contributed by atoms with Gasteiger partial charge in [0.2, 0.25) is 0 Å². The van der Waals surface area contributed by atoms with Crippen LogP contribution in [0.5, 0.6) is 0 Å². The monoisotopic (exact) mass is 125 g/mol. The highest BCUT2D eigenvalue weighted by Gasteiger charge is 1.86. The Labute approximate surface area is 57.5 Å². The van der Waals surface area contributed by atoms with Crippen molar-refractivity contribution < 1.29 is 0 Å². The average Bonchev–Trinajstić information content (AvgIpc) is 1.88. The molecule has 52 valence electrons. The topological polar surface area (TPSA) is 12.0 Å². The highest BCUT2D eigenvalue weighted by Crippen LogP contribution is 1.98. The van der Waals surface area contributed by atoms with Crippen molar-refractivity contribution >= 4 is 0 Å². The van der Waals surface area contributed by atoms with Gasteiger partial charge in [0, 0.05) is 12.7 Å². The van der Waals surface area contributed by atoms with E-state index < -0.39 is 0 Å². The van der Waals surface area contributed by atoms with Crippen molar-refractivity contribution in [3.8, 4) is 0 Å². The molecule has 0 fully saturated rings. The van der Waals surface area contributed by atoms with E-state index in [2.05, 4.69) is 18.8 Å². The van der Waals surface area contributed by atoms with Crippen LogP contribution in [0.3, 0.4) is 0 Å². The van der Waals surface area contributed by atoms with Crippen LogP contribution < -0.4 is 5.32 Å². The van der Waals surface area contributed by atoms with Crippen molar-refractivity contribution in [2.24, 2.45) is 0 Å². The summed E-state index contributed by atoms with van der Waals surface area (Å²) in [5.74, 6) is 0. The molecule has 0 unspecified atom stereocenters. The largest absolute Gasteiger partial charge is 0.391 e. The zero-order valence-electron chi connectivity index (χ0n) is 6.28. The maximum absolute atomic E-state index is 3.61. The summed E-state index contributed by atoms with van der Waals surface area (Å²) in [6, 6.07) is 0. The van der Waals surface area contributed by atoms with Crippen molar-refractivity contribution in [2.75, 3.05) is 7.05 Å². The molecule has 0 aromatic carbocycles. The van der Waals surface area contributed by atoms with Crippen LogP contribution in [0.4, 0.5) is 0 Å². The highest BCUT2D eigenvalue weighted by molar-refractivity contribution is 5.07. The van der Waals surface area contributed by atoms with Gasteiger partial charge in [-0.2, -0.15) is 0 Å². The molecular weight excluding hydrogens is 110 g/mol. The lowest BCUT2D eigenvalue weighted by Gasteiger charge is -2.01. The first kappa shape index (κ1) is 8.28. The van der Waals surface area contributed by atoms with Crippen molar-refractivity contribution in [1.82, 2.24) is 5.32 Å². The van der Waals surface area contributed by atoms with E-state index in [0.717, 1.165) is 6.42 Å². The lowest BCUT2D eigenvalue weighted by Crippen LogP contribution is -2.04. The second kappa shape index (κ2) is 5.42. The molecule has 9 heavy (non-hydrogen) atoms. The fraction of sp³-hybridized carbons (Fsp3) is 0.500. The van der Waals surface area contributed by atoms with Crippen LogP contribution in [-0.4, -0.2) is 7.05 Å². The van der Waals surface area contributed by atoms with E-state index in [4.69, 9.17) is 0 Å². The minimum Gasteiger partial charge on any atom is -0.391 e. The maximum Gasteiger partial charge on any atom is 0.0104 e. The molecule has 0 aliphatic carbocycles. The number of hydrogen-bond donors (Lipinski definition) is 1. The summed E-state index contributed by atoms with van der Waals surface area (Å²) < 4.78 is 0. The predicted molar refractivity (Wildman–Crippen MR) is 42.2 cm³/mol. The van der Waals surface area contributed by atoms with E-state index in [0.29, 0.717) is 0 Å². The Morgan fingerprint density at radius 1 is 1.67 bits per heavy atom. The Morgan fingerprint density at radius 2 is 2.33 bits per heavy atom. The van der Waals surface area contributed by atoms with E-state index in [1.165, 1.54) is 12.1 Å². The standard InChI is InChI=1S/C8H15N/c1-4-6-8(9-3)7-5-2/h4,6,9H,1,5,7H2,2-3H3/b8-6+. The molecule has 1 nitrogen and oxygen atoms in total. The van der Waals surface area contributed by atoms with Gasteiger partial charge in [0.15, 0.2) is 0 Å². The molecule has 0 aromatic heterocycles. The van der Waals surface area contributed by atoms with Crippen LogP contribution >= 0.6 is 0 Å². The molecule has 0 spiro atoms. The molecule has 1 heteroatoms. The fourth-order valence-electron chi connectivity index (χ4n) is 0.703. The summed E-state index contributed by atoms with van der Waals surface area (Å²) >= 11 is 0. The molecule has 0 bridgehead atoms. The van der Waals surface area contributed by atoms with Gasteiger partial charge in [0.25, 0.3) is 0 Å². The molecular formula is C8H15N. The van der Waals surface area contributed by atoms with Gasteiger partial charge in [-0.05, 0) is 12.5 Å². The number of hydrogen-bond acceptors (Lipinski definition) is 1. The molecule has 0 heterocycles. The second-order valence-corrected chi connectivity index (χ2v) is 1.93. The Morgan fingerprint density at radius 3 is 2.67 bits per heavy atom. The summed E-state index contributed by atoms with van der Waals surface area (Å²) in [5, 5.41) is 3.09. The van der Waals surface area contributed by atoms with Gasteiger partial charge in [0.1, 0.15) is 0 Å². The van der Waals surface area contributed by atoms with Crippen molar-refractivity contribution in [1.29, 1.82) is 0 Å². The smallest absolute Gasteiger partial charge is 0.0104 e. The minimum atomic E-state index is 1.11. The zero-order chi connectivity index (χ0) is 7.11. The first-order chi connectivity index (χ1) is 4.35. The summed E-state index contributed by atoms with van der Waals surface area (Å²) in [7, 11) is 1.94. The number of rotatable bonds is 4. The number of allylic oxidation sites excluding steroid dienone is 3. The summed E-state index contributed by atoms with van der Waals surface area (Å²) in [6.45, 7) is 5.78. The van der Waals surface area contributed by atoms with Gasteiger partial charge in [-0.25, -0.2) is 0 Å². The highest BCUT2D eigenvalue weighted by atomic mass is 14.8. The SMILES string of the molecule is C=C/C=C(\CCC)NC. The zero-order valence-corrected chi connectivity index (χ0v) is 6.28. The van der Waals surface area contributed by atoms with Gasteiger partial charge in [0.05, 0.1) is 0 Å². The van der Waals surface area contributed by atoms with E-state index in [1.54, 1.807) is 0 Å². The lowest BCUT2D eigenvalue weighted by molar-refractivity contribution is 0.816. The van der Waals surface area contributed by atoms with E-state index in [1.807, 2.05) is 19.2 Å². The molecule has 0 radical (unpaired) electrons. The van der Waals surface area contributed by atoms with Crippen LogP contribution in [-0.2, 0) is 0 Å². The molecule has 0 aliphatic heterocycles. The Kier molecular flexibility index (Phi) is 4.98. The predicted octanol–water partition coefficient (Wildman–Crippen LogP) is 2.08. The Balaban J connectivity index is 3.66. The molecule has 0 atom stereocenters. The summed E-state index contributed by atoms with van der Waals surface area (Å²) in [4.78, 5) is 0. The first-order valence-corrected chi connectivity index (χ1v) is 3.34. The average molecular weight is 125 g/mol. The molecule has 0 saturated heterocycles. The van der Waals surface area contributed by atoms with Crippen molar-refractivity contribution in [3.05, 3.63) is 24.4 Å². The fourth-order valence-corrected chi connectivity index (χ4v) is 0.703. The quantitative estimate of drug-likeness (QED) is 0.567. The lowest BCUT2D eigenvalue weighted by atomic mass is 10.2. The normalized spacial score (nSPS) is 11.1.